The Bertz CT molecular complexity index is 1000. The van der Waals surface area contributed by atoms with Gasteiger partial charge in [-0.15, -0.1) is 23.1 Å². The maximum Gasteiger partial charge on any atom is 0.261 e. The lowest BCUT2D eigenvalue weighted by Gasteiger charge is -2.09. The fraction of sp³-hybridized carbons (Fsp3) is 0.150. The molecule has 1 heterocycles. The van der Waals surface area contributed by atoms with E-state index < -0.39 is 0 Å². The van der Waals surface area contributed by atoms with Crippen molar-refractivity contribution in [2.45, 2.75) is 11.8 Å². The van der Waals surface area contributed by atoms with Crippen LogP contribution in [0.3, 0.4) is 0 Å². The average molecular weight is 414 g/mol. The molecule has 6 nitrogen and oxygen atoms in total. The number of nitrogens with zero attached hydrogens (tertiary/aromatic N) is 1. The molecule has 0 fully saturated rings. The van der Waals surface area contributed by atoms with Gasteiger partial charge in [-0.3, -0.25) is 14.9 Å². The summed E-state index contributed by atoms with van der Waals surface area (Å²) in [5, 5.41) is 7.92. The number of hydrogen-bond acceptors (Lipinski definition) is 6. The number of anilines is 2. The zero-order valence-electron chi connectivity index (χ0n) is 15.6. The zero-order valence-corrected chi connectivity index (χ0v) is 17.2. The lowest BCUT2D eigenvalue weighted by molar-refractivity contribution is -0.114. The number of benzene rings is 2. The van der Waals surface area contributed by atoms with Gasteiger partial charge in [0.1, 0.15) is 5.75 Å². The minimum Gasteiger partial charge on any atom is -0.496 e. The molecule has 0 saturated heterocycles. The maximum atomic E-state index is 12.6. The molecule has 0 spiro atoms. The molecule has 3 rings (SSSR count). The molecule has 28 heavy (non-hydrogen) atoms. The Labute approximate surface area is 171 Å². The van der Waals surface area contributed by atoms with Gasteiger partial charge < -0.3 is 10.1 Å². The number of hydrogen-bond donors (Lipinski definition) is 2. The van der Waals surface area contributed by atoms with Crippen LogP contribution >= 0.6 is 23.1 Å². The second-order valence-electron chi connectivity index (χ2n) is 5.82. The van der Waals surface area contributed by atoms with Gasteiger partial charge in [-0.05, 0) is 36.6 Å². The summed E-state index contributed by atoms with van der Waals surface area (Å²) in [6.45, 7) is 1.47. The van der Waals surface area contributed by atoms with E-state index in [2.05, 4.69) is 15.6 Å². The molecule has 0 aliphatic rings. The topological polar surface area (TPSA) is 80.3 Å². The van der Waals surface area contributed by atoms with E-state index in [-0.39, 0.29) is 11.8 Å². The van der Waals surface area contributed by atoms with Crippen molar-refractivity contribution in [3.8, 4) is 17.0 Å². The van der Waals surface area contributed by atoms with E-state index in [1.165, 1.54) is 18.3 Å². The SMILES string of the molecule is COc1cc(SC)ccc1C(=O)Nc1nc(-c2ccc(NC(C)=O)cc2)cs1. The molecule has 2 amide bonds. The van der Waals surface area contributed by atoms with Crippen molar-refractivity contribution < 1.29 is 14.3 Å². The summed E-state index contributed by atoms with van der Waals surface area (Å²) in [6, 6.07) is 12.8. The van der Waals surface area contributed by atoms with E-state index in [9.17, 15) is 9.59 Å². The first kappa shape index (κ1) is 19.9. The highest BCUT2D eigenvalue weighted by molar-refractivity contribution is 7.98. The van der Waals surface area contributed by atoms with Crippen LogP contribution in [-0.4, -0.2) is 30.2 Å². The van der Waals surface area contributed by atoms with E-state index in [0.717, 1.165) is 21.8 Å². The van der Waals surface area contributed by atoms with Gasteiger partial charge in [0, 0.05) is 28.5 Å². The third-order valence-electron chi connectivity index (χ3n) is 3.88. The van der Waals surface area contributed by atoms with Crippen LogP contribution in [0, 0.1) is 0 Å². The molecule has 2 aromatic carbocycles. The van der Waals surface area contributed by atoms with Crippen LogP contribution in [-0.2, 0) is 4.79 Å². The van der Waals surface area contributed by atoms with Gasteiger partial charge in [0.15, 0.2) is 5.13 Å². The van der Waals surface area contributed by atoms with Gasteiger partial charge in [0.25, 0.3) is 5.91 Å². The first-order valence-electron chi connectivity index (χ1n) is 8.37. The van der Waals surface area contributed by atoms with E-state index in [4.69, 9.17) is 4.74 Å². The first-order valence-corrected chi connectivity index (χ1v) is 10.5. The van der Waals surface area contributed by atoms with Crippen LogP contribution in [0.4, 0.5) is 10.8 Å². The first-order chi connectivity index (χ1) is 13.5. The van der Waals surface area contributed by atoms with Crippen molar-refractivity contribution in [2.75, 3.05) is 24.0 Å². The third kappa shape index (κ3) is 4.71. The molecule has 0 saturated carbocycles. The highest BCUT2D eigenvalue weighted by Crippen LogP contribution is 2.29. The number of ether oxygens (including phenoxy) is 1. The van der Waals surface area contributed by atoms with Crippen molar-refractivity contribution in [2.24, 2.45) is 0 Å². The molecular weight excluding hydrogens is 394 g/mol. The fourth-order valence-corrected chi connectivity index (χ4v) is 3.69. The second kappa shape index (κ2) is 8.90. The Kier molecular flexibility index (Phi) is 6.33. The Hall–Kier alpha value is -2.84. The number of carbonyl (C=O) groups is 2. The molecule has 0 aliphatic carbocycles. The van der Waals surface area contributed by atoms with Gasteiger partial charge in [-0.25, -0.2) is 4.98 Å². The lowest BCUT2D eigenvalue weighted by atomic mass is 10.1. The summed E-state index contributed by atoms with van der Waals surface area (Å²) in [6.07, 6.45) is 1.97. The van der Waals surface area contributed by atoms with Crippen LogP contribution in [0.25, 0.3) is 11.3 Å². The lowest BCUT2D eigenvalue weighted by Crippen LogP contribution is -2.13. The smallest absolute Gasteiger partial charge is 0.261 e. The summed E-state index contributed by atoms with van der Waals surface area (Å²) in [4.78, 5) is 29.2. The van der Waals surface area contributed by atoms with Crippen molar-refractivity contribution >= 4 is 45.7 Å². The number of methoxy groups -OCH3 is 1. The number of carbonyl (C=O) groups excluding carboxylic acids is 2. The summed E-state index contributed by atoms with van der Waals surface area (Å²) in [7, 11) is 1.54. The van der Waals surface area contributed by atoms with Crippen molar-refractivity contribution in [3.05, 3.63) is 53.4 Å². The molecule has 2 N–H and O–H groups in total. The minimum atomic E-state index is -0.272. The monoisotopic (exact) mass is 413 g/mol. The van der Waals surface area contributed by atoms with E-state index in [0.29, 0.717) is 16.4 Å². The molecule has 0 unspecified atom stereocenters. The maximum absolute atomic E-state index is 12.6. The Balaban J connectivity index is 1.74. The van der Waals surface area contributed by atoms with Crippen molar-refractivity contribution in [3.63, 3.8) is 0 Å². The molecular formula is C20H19N3O3S2. The van der Waals surface area contributed by atoms with Crippen LogP contribution in [0.2, 0.25) is 0 Å². The number of thioether (sulfide) groups is 1. The van der Waals surface area contributed by atoms with Crippen LogP contribution < -0.4 is 15.4 Å². The largest absolute Gasteiger partial charge is 0.496 e. The van der Waals surface area contributed by atoms with Crippen molar-refractivity contribution in [1.82, 2.24) is 4.98 Å². The normalized spacial score (nSPS) is 10.4. The van der Waals surface area contributed by atoms with Crippen LogP contribution in [0.1, 0.15) is 17.3 Å². The molecule has 3 aromatic rings. The predicted octanol–water partition coefficient (Wildman–Crippen LogP) is 4.75. The fourth-order valence-electron chi connectivity index (χ4n) is 2.54. The average Bonchev–Trinajstić information content (AvgIpc) is 3.15. The Morgan fingerprint density at radius 2 is 1.86 bits per heavy atom. The van der Waals surface area contributed by atoms with Gasteiger partial charge in [0.05, 0.1) is 18.4 Å². The van der Waals surface area contributed by atoms with E-state index >= 15 is 0 Å². The zero-order chi connectivity index (χ0) is 20.1. The summed E-state index contributed by atoms with van der Waals surface area (Å²) in [5.74, 6) is 0.133. The van der Waals surface area contributed by atoms with E-state index in [1.807, 2.05) is 48.0 Å². The summed E-state index contributed by atoms with van der Waals surface area (Å²) < 4.78 is 5.34. The number of aromatic nitrogens is 1. The van der Waals surface area contributed by atoms with Crippen molar-refractivity contribution in [1.29, 1.82) is 0 Å². The quantitative estimate of drug-likeness (QED) is 0.570. The Morgan fingerprint density at radius 1 is 1.11 bits per heavy atom. The molecule has 8 heteroatoms. The molecule has 0 atom stereocenters. The minimum absolute atomic E-state index is 0.118. The summed E-state index contributed by atoms with van der Waals surface area (Å²) >= 11 is 2.93. The van der Waals surface area contributed by atoms with Gasteiger partial charge in [0.2, 0.25) is 5.91 Å². The number of thiazole rings is 1. The standard InChI is InChI=1S/C20H19N3O3S2/c1-12(24)21-14-6-4-13(5-7-14)17-11-28-20(22-17)23-19(25)16-9-8-15(27-3)10-18(16)26-2/h4-11H,1-3H3,(H,21,24)(H,22,23,25). The van der Waals surface area contributed by atoms with E-state index in [1.54, 1.807) is 24.9 Å². The van der Waals surface area contributed by atoms with Gasteiger partial charge >= 0.3 is 0 Å². The Morgan fingerprint density at radius 3 is 2.50 bits per heavy atom. The number of nitrogens with one attached hydrogen (secondary N) is 2. The van der Waals surface area contributed by atoms with Gasteiger partial charge in [-0.1, -0.05) is 12.1 Å². The predicted molar refractivity (Wildman–Crippen MR) is 115 cm³/mol. The second-order valence-corrected chi connectivity index (χ2v) is 7.55. The van der Waals surface area contributed by atoms with Crippen LogP contribution in [0.15, 0.2) is 52.7 Å². The highest BCUT2D eigenvalue weighted by atomic mass is 32.2. The number of amides is 2. The van der Waals surface area contributed by atoms with Crippen LogP contribution in [0.5, 0.6) is 5.75 Å². The molecule has 0 radical (unpaired) electrons. The molecule has 0 bridgehead atoms. The molecule has 144 valence electrons. The molecule has 0 aliphatic heterocycles. The third-order valence-corrected chi connectivity index (χ3v) is 5.36. The van der Waals surface area contributed by atoms with Gasteiger partial charge in [-0.2, -0.15) is 0 Å². The summed E-state index contributed by atoms with van der Waals surface area (Å²) in [5.41, 5.74) is 2.82. The molecule has 1 aromatic heterocycles. The highest BCUT2D eigenvalue weighted by Gasteiger charge is 2.15. The number of rotatable bonds is 6.